The van der Waals surface area contributed by atoms with Crippen molar-refractivity contribution < 1.29 is 15.3 Å². The Hall–Kier alpha value is -0.870. The molecule has 3 nitrogen and oxygen atoms in total. The van der Waals surface area contributed by atoms with Crippen molar-refractivity contribution in [2.24, 2.45) is 0 Å². The molecule has 15 heavy (non-hydrogen) atoms. The lowest BCUT2D eigenvalue weighted by Crippen LogP contribution is -2.14. The van der Waals surface area contributed by atoms with Crippen molar-refractivity contribution in [2.75, 3.05) is 6.61 Å². The predicted octanol–water partition coefficient (Wildman–Crippen LogP) is 2.59. The second-order valence-corrected chi connectivity index (χ2v) is 3.57. The molecule has 0 aromatic heterocycles. The van der Waals surface area contributed by atoms with Crippen molar-refractivity contribution in [2.45, 2.75) is 12.5 Å². The molecule has 2 N–H and O–H groups in total. The highest BCUT2D eigenvalue weighted by Gasteiger charge is 2.14. The maximum Gasteiger partial charge on any atom is 0.120 e. The average molecular weight is 229 g/mol. The first-order chi connectivity index (χ1) is 7.19. The highest BCUT2D eigenvalue weighted by atomic mass is 35.5. The smallest absolute Gasteiger partial charge is 0.120 e. The molecule has 0 saturated heterocycles. The van der Waals surface area contributed by atoms with Gasteiger partial charge in [-0.1, -0.05) is 30.3 Å². The standard InChI is InChI=1S/C11H13ClO3/c1-8(11(15-14)6-7-13)9-2-4-10(12)5-3-9/h2-5,11,13-14H,1,6-7H2. The molecule has 1 rings (SSSR count). The molecule has 4 heteroatoms. The molecule has 0 aliphatic heterocycles. The molecule has 0 aliphatic rings. The van der Waals surface area contributed by atoms with E-state index in [9.17, 15) is 0 Å². The number of halogens is 1. The first-order valence-electron chi connectivity index (χ1n) is 4.55. The molecule has 1 unspecified atom stereocenters. The Bertz CT molecular complexity index is 321. The highest BCUT2D eigenvalue weighted by molar-refractivity contribution is 6.30. The maximum absolute atomic E-state index is 8.75. The number of hydrogen-bond acceptors (Lipinski definition) is 3. The van der Waals surface area contributed by atoms with E-state index in [0.717, 1.165) is 5.56 Å². The summed E-state index contributed by atoms with van der Waals surface area (Å²) in [4.78, 5) is 4.24. The van der Waals surface area contributed by atoms with E-state index < -0.39 is 6.10 Å². The van der Waals surface area contributed by atoms with Crippen molar-refractivity contribution >= 4 is 17.2 Å². The first-order valence-corrected chi connectivity index (χ1v) is 4.92. The van der Waals surface area contributed by atoms with Crippen LogP contribution in [0.15, 0.2) is 30.8 Å². The van der Waals surface area contributed by atoms with Crippen LogP contribution in [0.3, 0.4) is 0 Å². The van der Waals surface area contributed by atoms with Gasteiger partial charge in [-0.05, 0) is 23.3 Å². The Balaban J connectivity index is 2.78. The second kappa shape index (κ2) is 5.88. The van der Waals surface area contributed by atoms with Crippen LogP contribution in [0.5, 0.6) is 0 Å². The van der Waals surface area contributed by atoms with Gasteiger partial charge >= 0.3 is 0 Å². The summed E-state index contributed by atoms with van der Waals surface area (Å²) in [7, 11) is 0. The summed E-state index contributed by atoms with van der Waals surface area (Å²) in [5, 5.41) is 18.0. The lowest BCUT2D eigenvalue weighted by Gasteiger charge is -2.15. The van der Waals surface area contributed by atoms with Crippen molar-refractivity contribution in [3.63, 3.8) is 0 Å². The van der Waals surface area contributed by atoms with Gasteiger partial charge in [0, 0.05) is 18.1 Å². The van der Waals surface area contributed by atoms with Crippen molar-refractivity contribution in [3.8, 4) is 0 Å². The third-order valence-electron chi connectivity index (χ3n) is 2.12. The van der Waals surface area contributed by atoms with Crippen molar-refractivity contribution in [3.05, 3.63) is 41.4 Å². The Morgan fingerprint density at radius 3 is 2.47 bits per heavy atom. The SMILES string of the molecule is C=C(c1ccc(Cl)cc1)C(CCO)OO. The lowest BCUT2D eigenvalue weighted by molar-refractivity contribution is -0.264. The summed E-state index contributed by atoms with van der Waals surface area (Å²) in [5.41, 5.74) is 1.44. The number of aliphatic hydroxyl groups is 1. The molecule has 0 saturated carbocycles. The van der Waals surface area contributed by atoms with E-state index in [1.807, 2.05) is 0 Å². The van der Waals surface area contributed by atoms with E-state index in [4.69, 9.17) is 22.0 Å². The highest BCUT2D eigenvalue weighted by Crippen LogP contribution is 2.22. The first kappa shape index (κ1) is 12.2. The van der Waals surface area contributed by atoms with Crippen LogP contribution in [0.2, 0.25) is 5.02 Å². The third kappa shape index (κ3) is 3.32. The molecule has 0 heterocycles. The van der Waals surface area contributed by atoms with E-state index in [0.29, 0.717) is 17.0 Å². The monoisotopic (exact) mass is 228 g/mol. The second-order valence-electron chi connectivity index (χ2n) is 3.14. The zero-order chi connectivity index (χ0) is 11.3. The fourth-order valence-corrected chi connectivity index (χ4v) is 1.38. The van der Waals surface area contributed by atoms with Gasteiger partial charge in [-0.15, -0.1) is 0 Å². The summed E-state index contributed by atoms with van der Waals surface area (Å²) in [5.74, 6) is 0. The topological polar surface area (TPSA) is 49.7 Å². The number of hydrogen-bond donors (Lipinski definition) is 2. The lowest BCUT2D eigenvalue weighted by atomic mass is 10.0. The molecule has 0 fully saturated rings. The summed E-state index contributed by atoms with van der Waals surface area (Å²) < 4.78 is 0. The predicted molar refractivity (Wildman–Crippen MR) is 59.7 cm³/mol. The largest absolute Gasteiger partial charge is 0.396 e. The summed E-state index contributed by atoms with van der Waals surface area (Å²) in [6.45, 7) is 3.73. The van der Waals surface area contributed by atoms with E-state index in [1.54, 1.807) is 24.3 Å². The fraction of sp³-hybridized carbons (Fsp3) is 0.273. The maximum atomic E-state index is 8.75. The fourth-order valence-electron chi connectivity index (χ4n) is 1.26. The number of rotatable bonds is 5. The van der Waals surface area contributed by atoms with Gasteiger partial charge in [-0.25, -0.2) is 4.89 Å². The Morgan fingerprint density at radius 2 is 2.00 bits per heavy atom. The van der Waals surface area contributed by atoms with Gasteiger partial charge in [0.2, 0.25) is 0 Å². The summed E-state index contributed by atoms with van der Waals surface area (Å²) in [6.07, 6.45) is -0.283. The number of benzene rings is 1. The third-order valence-corrected chi connectivity index (χ3v) is 2.37. The molecular formula is C11H13ClO3. The quantitative estimate of drug-likeness (QED) is 0.602. The minimum absolute atomic E-state index is 0.0716. The Kier molecular flexibility index (Phi) is 4.78. The van der Waals surface area contributed by atoms with Crippen molar-refractivity contribution in [1.82, 2.24) is 0 Å². The van der Waals surface area contributed by atoms with Gasteiger partial charge in [0.05, 0.1) is 0 Å². The molecule has 1 aromatic carbocycles. The van der Waals surface area contributed by atoms with Gasteiger partial charge in [0.15, 0.2) is 0 Å². The van der Waals surface area contributed by atoms with Crippen LogP contribution < -0.4 is 0 Å². The van der Waals surface area contributed by atoms with Crippen LogP contribution >= 0.6 is 11.6 Å². The molecular weight excluding hydrogens is 216 g/mol. The average Bonchev–Trinajstić information content (AvgIpc) is 2.26. The van der Waals surface area contributed by atoms with E-state index >= 15 is 0 Å². The van der Waals surface area contributed by atoms with E-state index in [1.165, 1.54) is 0 Å². The molecule has 1 atom stereocenters. The van der Waals surface area contributed by atoms with Crippen LogP contribution in [0.4, 0.5) is 0 Å². The van der Waals surface area contributed by atoms with Crippen LogP contribution in [0.25, 0.3) is 5.57 Å². The van der Waals surface area contributed by atoms with Crippen LogP contribution in [-0.4, -0.2) is 23.1 Å². The molecule has 0 aliphatic carbocycles. The minimum atomic E-state index is -0.587. The van der Waals surface area contributed by atoms with Gasteiger partial charge in [-0.2, -0.15) is 0 Å². The van der Waals surface area contributed by atoms with E-state index in [2.05, 4.69) is 11.5 Å². The molecule has 1 aromatic rings. The van der Waals surface area contributed by atoms with Gasteiger partial charge in [-0.3, -0.25) is 5.26 Å². The summed E-state index contributed by atoms with van der Waals surface area (Å²) >= 11 is 5.74. The van der Waals surface area contributed by atoms with Crippen molar-refractivity contribution in [1.29, 1.82) is 0 Å². The molecule has 0 spiro atoms. The van der Waals surface area contributed by atoms with Crippen LogP contribution in [-0.2, 0) is 4.89 Å². The number of aliphatic hydroxyl groups excluding tert-OH is 1. The molecule has 0 bridgehead atoms. The minimum Gasteiger partial charge on any atom is -0.396 e. The van der Waals surface area contributed by atoms with Gasteiger partial charge in [0.1, 0.15) is 6.10 Å². The van der Waals surface area contributed by atoms with Crippen LogP contribution in [0.1, 0.15) is 12.0 Å². The normalized spacial score (nSPS) is 12.5. The Morgan fingerprint density at radius 1 is 1.40 bits per heavy atom. The van der Waals surface area contributed by atoms with Crippen LogP contribution in [0, 0.1) is 0 Å². The molecule has 0 amide bonds. The Labute approximate surface area is 93.5 Å². The zero-order valence-corrected chi connectivity index (χ0v) is 8.94. The molecule has 82 valence electrons. The van der Waals surface area contributed by atoms with Gasteiger partial charge in [0.25, 0.3) is 0 Å². The van der Waals surface area contributed by atoms with Gasteiger partial charge < -0.3 is 5.11 Å². The zero-order valence-electron chi connectivity index (χ0n) is 8.19. The molecule has 0 radical (unpaired) electrons. The van der Waals surface area contributed by atoms with E-state index in [-0.39, 0.29) is 6.61 Å². The summed E-state index contributed by atoms with van der Waals surface area (Å²) in [6, 6.07) is 7.03.